The highest BCUT2D eigenvalue weighted by molar-refractivity contribution is 9.10. The second-order valence-electron chi connectivity index (χ2n) is 5.46. The van der Waals surface area contributed by atoms with Crippen LogP contribution in [0.15, 0.2) is 35.1 Å². The molecule has 0 saturated heterocycles. The van der Waals surface area contributed by atoms with Gasteiger partial charge in [-0.2, -0.15) is 0 Å². The van der Waals surface area contributed by atoms with E-state index in [0.717, 1.165) is 35.1 Å². The molecule has 5 nitrogen and oxygen atoms in total. The summed E-state index contributed by atoms with van der Waals surface area (Å²) in [5.74, 6) is 0.420. The monoisotopic (exact) mass is 376 g/mol. The molecule has 0 aliphatic rings. The van der Waals surface area contributed by atoms with Crippen LogP contribution in [0.2, 0.25) is 0 Å². The van der Waals surface area contributed by atoms with Gasteiger partial charge in [-0.05, 0) is 37.1 Å². The molecule has 0 atom stereocenters. The molecule has 0 saturated carbocycles. The smallest absolute Gasteiger partial charge is 0.256 e. The van der Waals surface area contributed by atoms with E-state index in [0.29, 0.717) is 11.5 Å². The zero-order valence-corrected chi connectivity index (χ0v) is 15.2. The molecule has 1 heterocycles. The van der Waals surface area contributed by atoms with Crippen LogP contribution in [0.4, 0.5) is 11.6 Å². The Bertz CT molecular complexity index is 673. The minimum Gasteiger partial charge on any atom is -0.342 e. The number of nitrogens with one attached hydrogen (secondary N) is 1. The Morgan fingerprint density at radius 2 is 2.00 bits per heavy atom. The predicted octanol–water partition coefficient (Wildman–Crippen LogP) is 4.16. The maximum atomic E-state index is 12.2. The van der Waals surface area contributed by atoms with Crippen molar-refractivity contribution >= 4 is 33.5 Å². The zero-order valence-electron chi connectivity index (χ0n) is 13.6. The molecule has 0 bridgehead atoms. The summed E-state index contributed by atoms with van der Waals surface area (Å²) in [5, 5.41) is 3.13. The molecule has 2 rings (SSSR count). The number of rotatable bonds is 6. The van der Waals surface area contributed by atoms with Crippen molar-refractivity contribution < 1.29 is 4.79 Å². The molecule has 0 fully saturated rings. The number of aryl methyl sites for hydroxylation is 1. The third kappa shape index (κ3) is 4.76. The highest BCUT2D eigenvalue weighted by Gasteiger charge is 2.12. The molecule has 0 unspecified atom stereocenters. The lowest BCUT2D eigenvalue weighted by Gasteiger charge is -2.16. The number of unbranched alkanes of at least 4 members (excludes halogenated alkanes) is 1. The van der Waals surface area contributed by atoms with Gasteiger partial charge in [0.05, 0.1) is 5.56 Å². The average molecular weight is 377 g/mol. The fourth-order valence-corrected chi connectivity index (χ4v) is 2.32. The second-order valence-corrected chi connectivity index (χ2v) is 6.32. The van der Waals surface area contributed by atoms with E-state index in [-0.39, 0.29) is 5.91 Å². The molecule has 1 N–H and O–H groups in total. The fourth-order valence-electron chi connectivity index (χ4n) is 2.07. The van der Waals surface area contributed by atoms with Crippen molar-refractivity contribution in [1.29, 1.82) is 0 Å². The zero-order chi connectivity index (χ0) is 16.8. The summed E-state index contributed by atoms with van der Waals surface area (Å²) in [6.45, 7) is 4.86. The Kier molecular flexibility index (Phi) is 6.10. The maximum Gasteiger partial charge on any atom is 0.256 e. The van der Waals surface area contributed by atoms with Crippen LogP contribution in [0.3, 0.4) is 0 Å². The normalized spacial score (nSPS) is 10.4. The first-order valence-electron chi connectivity index (χ1n) is 7.62. The first kappa shape index (κ1) is 17.4. The Morgan fingerprint density at radius 3 is 2.61 bits per heavy atom. The summed E-state index contributed by atoms with van der Waals surface area (Å²) in [4.78, 5) is 22.4. The van der Waals surface area contributed by atoms with Crippen molar-refractivity contribution in [3.63, 3.8) is 0 Å². The highest BCUT2D eigenvalue weighted by Crippen LogP contribution is 2.21. The SMILES string of the molecule is CCCCN(C)C(=O)c1cnc(Nc2ccc(Br)c(C)c2)nc1. The Hall–Kier alpha value is -1.95. The summed E-state index contributed by atoms with van der Waals surface area (Å²) in [6, 6.07) is 5.92. The van der Waals surface area contributed by atoms with Crippen molar-refractivity contribution in [3.8, 4) is 0 Å². The topological polar surface area (TPSA) is 58.1 Å². The van der Waals surface area contributed by atoms with Gasteiger partial charge in [0, 0.05) is 36.1 Å². The van der Waals surface area contributed by atoms with Crippen LogP contribution >= 0.6 is 15.9 Å². The highest BCUT2D eigenvalue weighted by atomic mass is 79.9. The lowest BCUT2D eigenvalue weighted by molar-refractivity contribution is 0.0792. The molecular weight excluding hydrogens is 356 g/mol. The fraction of sp³-hybridized carbons (Fsp3) is 0.353. The minimum absolute atomic E-state index is 0.0514. The Balaban J connectivity index is 2.04. The number of carbonyl (C=O) groups is 1. The van der Waals surface area contributed by atoms with Gasteiger partial charge in [-0.25, -0.2) is 9.97 Å². The van der Waals surface area contributed by atoms with Crippen LogP contribution in [-0.4, -0.2) is 34.4 Å². The Morgan fingerprint density at radius 1 is 1.30 bits per heavy atom. The maximum absolute atomic E-state index is 12.2. The molecule has 1 amide bonds. The van der Waals surface area contributed by atoms with E-state index in [9.17, 15) is 4.79 Å². The number of benzene rings is 1. The van der Waals surface area contributed by atoms with Gasteiger partial charge < -0.3 is 10.2 Å². The van der Waals surface area contributed by atoms with Gasteiger partial charge in [-0.1, -0.05) is 29.3 Å². The molecule has 0 aliphatic carbocycles. The third-order valence-electron chi connectivity index (χ3n) is 3.51. The first-order valence-corrected chi connectivity index (χ1v) is 8.41. The number of hydrogen-bond acceptors (Lipinski definition) is 4. The molecule has 1 aromatic carbocycles. The molecular formula is C17H21BrN4O. The lowest BCUT2D eigenvalue weighted by atomic mass is 10.2. The van der Waals surface area contributed by atoms with Gasteiger partial charge in [0.1, 0.15) is 0 Å². The largest absolute Gasteiger partial charge is 0.342 e. The molecule has 122 valence electrons. The molecule has 23 heavy (non-hydrogen) atoms. The van der Waals surface area contributed by atoms with Crippen molar-refractivity contribution in [2.45, 2.75) is 26.7 Å². The van der Waals surface area contributed by atoms with Crippen LogP contribution in [0.1, 0.15) is 35.7 Å². The molecule has 0 spiro atoms. The van der Waals surface area contributed by atoms with Crippen LogP contribution in [0.25, 0.3) is 0 Å². The van der Waals surface area contributed by atoms with Gasteiger partial charge in [-0.3, -0.25) is 4.79 Å². The molecule has 0 radical (unpaired) electrons. The van der Waals surface area contributed by atoms with E-state index in [1.807, 2.05) is 25.1 Å². The number of hydrogen-bond donors (Lipinski definition) is 1. The van der Waals surface area contributed by atoms with E-state index < -0.39 is 0 Å². The number of anilines is 2. The van der Waals surface area contributed by atoms with E-state index in [2.05, 4.69) is 38.1 Å². The molecule has 0 aliphatic heterocycles. The third-order valence-corrected chi connectivity index (χ3v) is 4.40. The van der Waals surface area contributed by atoms with Gasteiger partial charge in [-0.15, -0.1) is 0 Å². The van der Waals surface area contributed by atoms with E-state index >= 15 is 0 Å². The van der Waals surface area contributed by atoms with E-state index in [4.69, 9.17) is 0 Å². The van der Waals surface area contributed by atoms with Gasteiger partial charge in [0.15, 0.2) is 0 Å². The summed E-state index contributed by atoms with van der Waals surface area (Å²) < 4.78 is 1.06. The molecule has 1 aromatic heterocycles. The van der Waals surface area contributed by atoms with Gasteiger partial charge in [0.2, 0.25) is 5.95 Å². The number of halogens is 1. The summed E-state index contributed by atoms with van der Waals surface area (Å²) in [6.07, 6.45) is 5.17. The van der Waals surface area contributed by atoms with Crippen molar-refractivity contribution in [3.05, 3.63) is 46.2 Å². The van der Waals surface area contributed by atoms with Crippen LogP contribution in [-0.2, 0) is 0 Å². The number of carbonyl (C=O) groups excluding carboxylic acids is 1. The predicted molar refractivity (Wildman–Crippen MR) is 96.1 cm³/mol. The van der Waals surface area contributed by atoms with Crippen molar-refractivity contribution in [2.75, 3.05) is 18.9 Å². The van der Waals surface area contributed by atoms with Crippen LogP contribution in [0, 0.1) is 6.92 Å². The summed E-state index contributed by atoms with van der Waals surface area (Å²) in [7, 11) is 1.80. The standard InChI is InChI=1S/C17H21BrN4O/c1-4-5-8-22(3)16(23)13-10-19-17(20-11-13)21-14-6-7-15(18)12(2)9-14/h6-7,9-11H,4-5,8H2,1-3H3,(H,19,20,21). The van der Waals surface area contributed by atoms with E-state index in [1.165, 1.54) is 0 Å². The average Bonchev–Trinajstić information content (AvgIpc) is 2.56. The lowest BCUT2D eigenvalue weighted by Crippen LogP contribution is -2.27. The van der Waals surface area contributed by atoms with Crippen molar-refractivity contribution in [2.24, 2.45) is 0 Å². The molecule has 6 heteroatoms. The van der Waals surface area contributed by atoms with Gasteiger partial charge in [0.25, 0.3) is 5.91 Å². The van der Waals surface area contributed by atoms with Gasteiger partial charge >= 0.3 is 0 Å². The minimum atomic E-state index is -0.0514. The second kappa shape index (κ2) is 8.06. The quantitative estimate of drug-likeness (QED) is 0.821. The number of aromatic nitrogens is 2. The summed E-state index contributed by atoms with van der Waals surface area (Å²) in [5.41, 5.74) is 2.53. The number of nitrogens with zero attached hydrogens (tertiary/aromatic N) is 3. The van der Waals surface area contributed by atoms with E-state index in [1.54, 1.807) is 24.3 Å². The molecule has 2 aromatic rings. The Labute approximate surface area is 145 Å². The number of amides is 1. The van der Waals surface area contributed by atoms with Crippen LogP contribution < -0.4 is 5.32 Å². The first-order chi connectivity index (χ1) is 11.0. The summed E-state index contributed by atoms with van der Waals surface area (Å²) >= 11 is 3.47. The van der Waals surface area contributed by atoms with Crippen LogP contribution in [0.5, 0.6) is 0 Å². The van der Waals surface area contributed by atoms with Crippen molar-refractivity contribution in [1.82, 2.24) is 14.9 Å².